The largest absolute Gasteiger partial charge is 0.370 e. The minimum absolute atomic E-state index is 0.488. The van der Waals surface area contributed by atoms with Crippen LogP contribution in [0.3, 0.4) is 0 Å². The molecule has 3 rings (SSSR count). The van der Waals surface area contributed by atoms with Crippen molar-refractivity contribution in [1.29, 1.82) is 0 Å². The van der Waals surface area contributed by atoms with Crippen molar-refractivity contribution in [1.82, 2.24) is 20.3 Å². The summed E-state index contributed by atoms with van der Waals surface area (Å²) < 4.78 is 0. The summed E-state index contributed by atoms with van der Waals surface area (Å²) in [6, 6.07) is 13.9. The molecule has 4 N–H and O–H groups in total. The van der Waals surface area contributed by atoms with Crippen molar-refractivity contribution < 1.29 is 0 Å². The highest BCUT2D eigenvalue weighted by Crippen LogP contribution is 2.16. The predicted molar refractivity (Wildman–Crippen MR) is 123 cm³/mol. The Morgan fingerprint density at radius 3 is 2.77 bits per heavy atom. The Labute approximate surface area is 182 Å². The maximum atomic E-state index is 6.01. The monoisotopic (exact) mass is 425 g/mol. The van der Waals surface area contributed by atoms with Crippen LogP contribution < -0.4 is 16.0 Å². The fraction of sp³-hybridized carbons (Fsp3) is 0.318. The van der Waals surface area contributed by atoms with Crippen LogP contribution in [-0.2, 0) is 13.0 Å². The fourth-order valence-corrected chi connectivity index (χ4v) is 3.19. The Kier molecular flexibility index (Phi) is 8.53. The van der Waals surface area contributed by atoms with E-state index in [1.807, 2.05) is 54.9 Å². The Bertz CT molecular complexity index is 880. The summed E-state index contributed by atoms with van der Waals surface area (Å²) in [6.45, 7) is 3.03. The van der Waals surface area contributed by atoms with Crippen molar-refractivity contribution in [2.24, 2.45) is 10.7 Å². The second-order valence-electron chi connectivity index (χ2n) is 6.96. The van der Waals surface area contributed by atoms with Crippen LogP contribution in [0.2, 0.25) is 5.02 Å². The van der Waals surface area contributed by atoms with Gasteiger partial charge < -0.3 is 20.9 Å². The van der Waals surface area contributed by atoms with Crippen molar-refractivity contribution in [2.75, 3.05) is 24.5 Å². The minimum atomic E-state index is 0.488. The minimum Gasteiger partial charge on any atom is -0.370 e. The number of halogens is 1. The third-order valence-electron chi connectivity index (χ3n) is 4.61. The second-order valence-corrected chi connectivity index (χ2v) is 7.40. The molecule has 0 saturated heterocycles. The van der Waals surface area contributed by atoms with Crippen LogP contribution >= 0.6 is 11.6 Å². The number of aliphatic imine (C=N–C) groups is 1. The molecule has 158 valence electrons. The van der Waals surface area contributed by atoms with Crippen molar-refractivity contribution in [3.05, 3.63) is 77.5 Å². The van der Waals surface area contributed by atoms with E-state index < -0.39 is 0 Å². The third-order valence-corrected chi connectivity index (χ3v) is 4.86. The molecule has 0 aliphatic rings. The highest BCUT2D eigenvalue weighted by Gasteiger charge is 2.08. The first kappa shape index (κ1) is 21.6. The molecule has 0 fully saturated rings. The first-order valence-corrected chi connectivity index (χ1v) is 10.5. The standard InChI is InChI=1S/C22H28ClN7/c23-19-9-7-18(8-10-19)16-30(21-6-1-2-11-26-21)14-4-13-28-22(24)27-12-3-5-20-15-25-17-29-20/h1-2,6-11,15,17H,3-5,12-14,16H2,(H,25,29)(H3,24,27,28). The van der Waals surface area contributed by atoms with E-state index in [1.54, 1.807) is 6.33 Å². The summed E-state index contributed by atoms with van der Waals surface area (Å²) in [4.78, 5) is 18.3. The average molecular weight is 426 g/mol. The maximum absolute atomic E-state index is 6.01. The molecule has 7 nitrogen and oxygen atoms in total. The number of H-pyrrole nitrogens is 1. The van der Waals surface area contributed by atoms with Gasteiger partial charge in [0.15, 0.2) is 5.96 Å². The number of aryl methyl sites for hydroxylation is 1. The Balaban J connectivity index is 1.44. The number of imidazole rings is 1. The first-order chi connectivity index (χ1) is 14.7. The molecule has 0 aliphatic heterocycles. The van der Waals surface area contributed by atoms with Gasteiger partial charge in [-0.05, 0) is 49.1 Å². The molecule has 0 radical (unpaired) electrons. The normalized spacial score (nSPS) is 11.4. The Morgan fingerprint density at radius 2 is 2.03 bits per heavy atom. The molecular formula is C22H28ClN7. The molecule has 1 aromatic carbocycles. The maximum Gasteiger partial charge on any atom is 0.188 e. The van der Waals surface area contributed by atoms with Gasteiger partial charge >= 0.3 is 0 Å². The smallest absolute Gasteiger partial charge is 0.188 e. The topological polar surface area (TPSA) is 95.2 Å². The lowest BCUT2D eigenvalue weighted by atomic mass is 10.2. The van der Waals surface area contributed by atoms with Crippen LogP contribution in [0.15, 0.2) is 66.2 Å². The van der Waals surface area contributed by atoms with E-state index in [2.05, 4.69) is 30.2 Å². The van der Waals surface area contributed by atoms with E-state index in [9.17, 15) is 0 Å². The van der Waals surface area contributed by atoms with Gasteiger partial charge in [-0.1, -0.05) is 29.8 Å². The van der Waals surface area contributed by atoms with Gasteiger partial charge in [-0.15, -0.1) is 0 Å². The summed E-state index contributed by atoms with van der Waals surface area (Å²) in [5.74, 6) is 1.43. The summed E-state index contributed by atoms with van der Waals surface area (Å²) in [6.07, 6.45) is 8.12. The lowest BCUT2D eigenvalue weighted by Gasteiger charge is -2.23. The van der Waals surface area contributed by atoms with Gasteiger partial charge in [0.1, 0.15) is 5.82 Å². The lowest BCUT2D eigenvalue weighted by molar-refractivity contribution is 0.719. The van der Waals surface area contributed by atoms with Gasteiger partial charge in [0, 0.05) is 49.3 Å². The number of hydrogen-bond acceptors (Lipinski definition) is 4. The number of hydrogen-bond donors (Lipinski definition) is 3. The van der Waals surface area contributed by atoms with Gasteiger partial charge in [0.05, 0.1) is 6.33 Å². The number of guanidine groups is 1. The number of aromatic amines is 1. The van der Waals surface area contributed by atoms with E-state index >= 15 is 0 Å². The lowest BCUT2D eigenvalue weighted by Crippen LogP contribution is -2.33. The fourth-order valence-electron chi connectivity index (χ4n) is 3.06. The predicted octanol–water partition coefficient (Wildman–Crippen LogP) is 3.39. The molecule has 2 heterocycles. The van der Waals surface area contributed by atoms with Gasteiger partial charge in [-0.2, -0.15) is 0 Å². The number of benzene rings is 1. The Morgan fingerprint density at radius 1 is 1.17 bits per heavy atom. The SMILES string of the molecule is NC(=NCCCN(Cc1ccc(Cl)cc1)c1ccccn1)NCCCc1cnc[nH]1. The molecule has 0 bridgehead atoms. The molecule has 3 aromatic rings. The van der Waals surface area contributed by atoms with E-state index in [0.717, 1.165) is 55.4 Å². The van der Waals surface area contributed by atoms with Crippen molar-refractivity contribution in [3.8, 4) is 0 Å². The molecule has 8 heteroatoms. The van der Waals surface area contributed by atoms with E-state index in [0.29, 0.717) is 12.5 Å². The molecule has 0 unspecified atom stereocenters. The van der Waals surface area contributed by atoms with Crippen LogP contribution in [0.25, 0.3) is 0 Å². The molecule has 0 spiro atoms. The third kappa shape index (κ3) is 7.40. The highest BCUT2D eigenvalue weighted by molar-refractivity contribution is 6.30. The van der Waals surface area contributed by atoms with Gasteiger partial charge in [-0.3, -0.25) is 4.99 Å². The number of nitrogens with two attached hydrogens (primary N) is 1. The van der Waals surface area contributed by atoms with Gasteiger partial charge in [0.25, 0.3) is 0 Å². The van der Waals surface area contributed by atoms with Crippen LogP contribution in [0, 0.1) is 0 Å². The van der Waals surface area contributed by atoms with E-state index in [4.69, 9.17) is 17.3 Å². The molecule has 0 aliphatic carbocycles. The molecule has 0 amide bonds. The van der Waals surface area contributed by atoms with E-state index in [-0.39, 0.29) is 0 Å². The highest BCUT2D eigenvalue weighted by atomic mass is 35.5. The van der Waals surface area contributed by atoms with Crippen LogP contribution in [-0.4, -0.2) is 40.5 Å². The number of nitrogens with zero attached hydrogens (tertiary/aromatic N) is 4. The zero-order chi connectivity index (χ0) is 21.0. The Hall–Kier alpha value is -3.06. The number of rotatable bonds is 11. The summed E-state index contributed by atoms with van der Waals surface area (Å²) in [7, 11) is 0. The zero-order valence-electron chi connectivity index (χ0n) is 17.0. The first-order valence-electron chi connectivity index (χ1n) is 10.1. The number of nitrogens with one attached hydrogen (secondary N) is 2. The number of anilines is 1. The number of pyridine rings is 1. The van der Waals surface area contributed by atoms with Gasteiger partial charge in [-0.25, -0.2) is 9.97 Å². The average Bonchev–Trinajstić information content (AvgIpc) is 3.29. The van der Waals surface area contributed by atoms with E-state index in [1.165, 1.54) is 5.56 Å². The zero-order valence-corrected chi connectivity index (χ0v) is 17.7. The van der Waals surface area contributed by atoms with Crippen LogP contribution in [0.5, 0.6) is 0 Å². The summed E-state index contributed by atoms with van der Waals surface area (Å²) in [5.41, 5.74) is 8.29. The molecule has 0 atom stereocenters. The summed E-state index contributed by atoms with van der Waals surface area (Å²) in [5, 5.41) is 3.91. The molecule has 30 heavy (non-hydrogen) atoms. The van der Waals surface area contributed by atoms with Crippen LogP contribution in [0.4, 0.5) is 5.82 Å². The summed E-state index contributed by atoms with van der Waals surface area (Å²) >= 11 is 6.01. The molecular weight excluding hydrogens is 398 g/mol. The van der Waals surface area contributed by atoms with Gasteiger partial charge in [0.2, 0.25) is 0 Å². The second kappa shape index (κ2) is 11.8. The molecule has 0 saturated carbocycles. The quantitative estimate of drug-likeness (QED) is 0.248. The van der Waals surface area contributed by atoms with Crippen molar-refractivity contribution in [3.63, 3.8) is 0 Å². The van der Waals surface area contributed by atoms with Crippen molar-refractivity contribution >= 4 is 23.4 Å². The van der Waals surface area contributed by atoms with Crippen LogP contribution in [0.1, 0.15) is 24.1 Å². The molecule has 2 aromatic heterocycles. The number of aromatic nitrogens is 3. The van der Waals surface area contributed by atoms with Crippen molar-refractivity contribution in [2.45, 2.75) is 25.8 Å².